The first-order chi connectivity index (χ1) is 5.29. The van der Waals surface area contributed by atoms with Crippen molar-refractivity contribution >= 4 is 17.6 Å². The second-order valence-electron chi connectivity index (χ2n) is 2.49. The van der Waals surface area contributed by atoms with Crippen molar-refractivity contribution in [3.63, 3.8) is 0 Å². The van der Waals surface area contributed by atoms with Crippen molar-refractivity contribution in [2.24, 2.45) is 4.99 Å². The van der Waals surface area contributed by atoms with Gasteiger partial charge < -0.3 is 5.73 Å². The number of halogens is 1. The Kier molecular flexibility index (Phi) is 1.18. The van der Waals surface area contributed by atoms with Gasteiger partial charge in [-0.15, -0.1) is 0 Å². The molecule has 0 spiro atoms. The third-order valence-corrected chi connectivity index (χ3v) is 1.76. The molecule has 0 unspecified atom stereocenters. The van der Waals surface area contributed by atoms with E-state index in [-0.39, 0.29) is 5.69 Å². The minimum Gasteiger partial charge on any atom is -0.396 e. The normalized spacial score (nSPS) is 13.5. The molecule has 1 aliphatic heterocycles. The SMILES string of the molecule is Nc1ccc2c(c1F)N=CC2. The Morgan fingerprint density at radius 3 is 3.09 bits per heavy atom. The van der Waals surface area contributed by atoms with Crippen LogP contribution < -0.4 is 5.73 Å². The number of nitrogens with zero attached hydrogens (tertiary/aromatic N) is 1. The molecule has 1 aliphatic rings. The van der Waals surface area contributed by atoms with E-state index in [0.717, 1.165) is 5.56 Å². The van der Waals surface area contributed by atoms with Crippen LogP contribution in [0.4, 0.5) is 15.8 Å². The van der Waals surface area contributed by atoms with Gasteiger partial charge in [-0.05, 0) is 11.6 Å². The fourth-order valence-corrected chi connectivity index (χ4v) is 1.16. The molecule has 1 heterocycles. The highest BCUT2D eigenvalue weighted by molar-refractivity contribution is 5.77. The van der Waals surface area contributed by atoms with Crippen molar-refractivity contribution in [2.45, 2.75) is 6.42 Å². The molecule has 1 aromatic rings. The smallest absolute Gasteiger partial charge is 0.171 e. The number of anilines is 1. The summed E-state index contributed by atoms with van der Waals surface area (Å²) in [6.07, 6.45) is 2.40. The average Bonchev–Trinajstić information content (AvgIpc) is 2.45. The van der Waals surface area contributed by atoms with Crippen LogP contribution in [0.3, 0.4) is 0 Å². The molecular weight excluding hydrogens is 143 g/mol. The van der Waals surface area contributed by atoms with Crippen LogP contribution in [-0.4, -0.2) is 6.21 Å². The molecule has 0 saturated heterocycles. The van der Waals surface area contributed by atoms with Gasteiger partial charge in [0, 0.05) is 12.6 Å². The first kappa shape index (κ1) is 6.34. The van der Waals surface area contributed by atoms with Crippen molar-refractivity contribution in [2.75, 3.05) is 5.73 Å². The van der Waals surface area contributed by atoms with Gasteiger partial charge in [-0.1, -0.05) is 6.07 Å². The Labute approximate surface area is 63.6 Å². The number of nitrogen functional groups attached to an aromatic ring is 1. The zero-order chi connectivity index (χ0) is 7.84. The van der Waals surface area contributed by atoms with Crippen LogP contribution in [0.5, 0.6) is 0 Å². The highest BCUT2D eigenvalue weighted by atomic mass is 19.1. The molecule has 2 N–H and O–H groups in total. The quantitative estimate of drug-likeness (QED) is 0.561. The average molecular weight is 150 g/mol. The van der Waals surface area contributed by atoms with E-state index in [1.54, 1.807) is 18.3 Å². The van der Waals surface area contributed by atoms with Gasteiger partial charge in [0.2, 0.25) is 0 Å². The Balaban J connectivity index is 2.70. The van der Waals surface area contributed by atoms with Crippen LogP contribution in [0.2, 0.25) is 0 Å². The molecule has 11 heavy (non-hydrogen) atoms. The van der Waals surface area contributed by atoms with Crippen LogP contribution in [0.15, 0.2) is 17.1 Å². The topological polar surface area (TPSA) is 38.4 Å². The summed E-state index contributed by atoms with van der Waals surface area (Å²) in [7, 11) is 0. The van der Waals surface area contributed by atoms with Gasteiger partial charge in [0.25, 0.3) is 0 Å². The Morgan fingerprint density at radius 1 is 1.45 bits per heavy atom. The van der Waals surface area contributed by atoms with Gasteiger partial charge in [-0.2, -0.15) is 0 Å². The standard InChI is InChI=1S/C8H7FN2/c9-7-6(10)2-1-5-3-4-11-8(5)7/h1-2,4H,3,10H2. The second-order valence-corrected chi connectivity index (χ2v) is 2.49. The number of nitrogens with two attached hydrogens (primary N) is 1. The summed E-state index contributed by atoms with van der Waals surface area (Å²) in [4.78, 5) is 3.88. The summed E-state index contributed by atoms with van der Waals surface area (Å²) >= 11 is 0. The van der Waals surface area contributed by atoms with E-state index in [0.29, 0.717) is 12.1 Å². The van der Waals surface area contributed by atoms with E-state index < -0.39 is 5.82 Å². The molecule has 0 radical (unpaired) electrons. The molecule has 2 nitrogen and oxygen atoms in total. The summed E-state index contributed by atoms with van der Waals surface area (Å²) in [6, 6.07) is 3.38. The summed E-state index contributed by atoms with van der Waals surface area (Å²) in [5.41, 5.74) is 6.83. The fourth-order valence-electron chi connectivity index (χ4n) is 1.16. The molecule has 0 atom stereocenters. The minimum absolute atomic E-state index is 0.169. The predicted octanol–water partition coefficient (Wildman–Crippen LogP) is 1.67. The van der Waals surface area contributed by atoms with Crippen molar-refractivity contribution < 1.29 is 4.39 Å². The van der Waals surface area contributed by atoms with E-state index in [9.17, 15) is 4.39 Å². The highest BCUT2D eigenvalue weighted by Crippen LogP contribution is 2.30. The van der Waals surface area contributed by atoms with Gasteiger partial charge in [0.1, 0.15) is 5.69 Å². The van der Waals surface area contributed by atoms with Gasteiger partial charge in [-0.3, -0.25) is 4.99 Å². The van der Waals surface area contributed by atoms with E-state index in [1.807, 2.05) is 0 Å². The van der Waals surface area contributed by atoms with E-state index in [2.05, 4.69) is 4.99 Å². The maximum Gasteiger partial charge on any atom is 0.171 e. The van der Waals surface area contributed by atoms with Gasteiger partial charge in [0.15, 0.2) is 5.82 Å². The van der Waals surface area contributed by atoms with E-state index >= 15 is 0 Å². The van der Waals surface area contributed by atoms with Crippen molar-refractivity contribution in [3.05, 3.63) is 23.5 Å². The maximum atomic E-state index is 13.1. The third kappa shape index (κ3) is 0.808. The predicted molar refractivity (Wildman–Crippen MR) is 42.7 cm³/mol. The summed E-state index contributed by atoms with van der Waals surface area (Å²) < 4.78 is 13.1. The lowest BCUT2D eigenvalue weighted by atomic mass is 10.1. The van der Waals surface area contributed by atoms with Crippen molar-refractivity contribution in [1.29, 1.82) is 0 Å². The van der Waals surface area contributed by atoms with Gasteiger partial charge >= 0.3 is 0 Å². The maximum absolute atomic E-state index is 13.1. The Bertz CT molecular complexity index is 331. The Hall–Kier alpha value is -1.38. The molecule has 56 valence electrons. The lowest BCUT2D eigenvalue weighted by molar-refractivity contribution is 0.634. The molecule has 0 fully saturated rings. The van der Waals surface area contributed by atoms with Crippen molar-refractivity contribution in [1.82, 2.24) is 0 Å². The molecule has 0 bridgehead atoms. The van der Waals surface area contributed by atoms with E-state index in [1.165, 1.54) is 0 Å². The summed E-state index contributed by atoms with van der Waals surface area (Å²) in [5.74, 6) is -0.392. The summed E-state index contributed by atoms with van der Waals surface area (Å²) in [6.45, 7) is 0. The monoisotopic (exact) mass is 150 g/mol. The number of benzene rings is 1. The van der Waals surface area contributed by atoms with Crippen LogP contribution in [-0.2, 0) is 6.42 Å². The molecule has 3 heteroatoms. The molecule has 1 aromatic carbocycles. The number of hydrogen-bond donors (Lipinski definition) is 1. The number of hydrogen-bond acceptors (Lipinski definition) is 2. The molecular formula is C8H7FN2. The van der Waals surface area contributed by atoms with Crippen molar-refractivity contribution in [3.8, 4) is 0 Å². The minimum atomic E-state index is -0.392. The first-order valence-corrected chi connectivity index (χ1v) is 3.38. The largest absolute Gasteiger partial charge is 0.396 e. The number of rotatable bonds is 0. The molecule has 0 aliphatic carbocycles. The summed E-state index contributed by atoms with van der Waals surface area (Å²) in [5, 5.41) is 0. The molecule has 0 amide bonds. The van der Waals surface area contributed by atoms with E-state index in [4.69, 9.17) is 5.73 Å². The fraction of sp³-hybridized carbons (Fsp3) is 0.125. The van der Waals surface area contributed by atoms with Gasteiger partial charge in [-0.25, -0.2) is 4.39 Å². The first-order valence-electron chi connectivity index (χ1n) is 3.38. The van der Waals surface area contributed by atoms with Crippen LogP contribution >= 0.6 is 0 Å². The lowest BCUT2D eigenvalue weighted by Gasteiger charge is -2.00. The zero-order valence-corrected chi connectivity index (χ0v) is 5.84. The molecule has 2 rings (SSSR count). The third-order valence-electron chi connectivity index (χ3n) is 1.76. The second kappa shape index (κ2) is 2.05. The van der Waals surface area contributed by atoms with Crippen LogP contribution in [0.1, 0.15) is 5.56 Å². The van der Waals surface area contributed by atoms with Gasteiger partial charge in [0.05, 0.1) is 5.69 Å². The lowest BCUT2D eigenvalue weighted by Crippen LogP contribution is -1.91. The zero-order valence-electron chi connectivity index (χ0n) is 5.84. The van der Waals surface area contributed by atoms with Crippen LogP contribution in [0.25, 0.3) is 0 Å². The number of fused-ring (bicyclic) bond motifs is 1. The Morgan fingerprint density at radius 2 is 2.27 bits per heavy atom. The number of aliphatic imine (C=N–C) groups is 1. The highest BCUT2D eigenvalue weighted by Gasteiger charge is 2.13. The molecule has 0 saturated carbocycles. The molecule has 0 aromatic heterocycles. The van der Waals surface area contributed by atoms with Crippen LogP contribution in [0, 0.1) is 5.82 Å².